The van der Waals surface area contributed by atoms with Crippen molar-refractivity contribution in [2.45, 2.75) is 42.9 Å². The molecule has 3 rings (SSSR count). The Hall–Kier alpha value is -2.72. The number of oxime groups is 2. The fourth-order valence-electron chi connectivity index (χ4n) is 3.12. The Morgan fingerprint density at radius 2 is 1.07 bits per heavy atom. The highest BCUT2D eigenvalue weighted by molar-refractivity contribution is 7.87. The summed E-state index contributed by atoms with van der Waals surface area (Å²) < 4.78 is 58.8. The molecular formula is C20H22N2O6S2. The average molecular weight is 451 g/mol. The molecule has 1 saturated carbocycles. The van der Waals surface area contributed by atoms with Gasteiger partial charge in [0.15, 0.2) is 0 Å². The maximum absolute atomic E-state index is 12.3. The van der Waals surface area contributed by atoms with E-state index in [4.69, 9.17) is 8.57 Å². The molecule has 8 nitrogen and oxygen atoms in total. The SMILES string of the molecule is CC1(C)C/C(=N/OS(=O)(=O)c2ccccc2)C/C(=N/OS(=O)(=O)c2ccccc2)C1. The van der Waals surface area contributed by atoms with Crippen molar-refractivity contribution in [2.75, 3.05) is 0 Å². The molecule has 2 aromatic carbocycles. The predicted octanol–water partition coefficient (Wildman–Crippen LogP) is 3.72. The van der Waals surface area contributed by atoms with Gasteiger partial charge in [-0.3, -0.25) is 8.57 Å². The molecule has 30 heavy (non-hydrogen) atoms. The Labute approximate surface area is 176 Å². The molecule has 0 aliphatic heterocycles. The Morgan fingerprint density at radius 3 is 1.43 bits per heavy atom. The number of rotatable bonds is 6. The van der Waals surface area contributed by atoms with Crippen molar-refractivity contribution < 1.29 is 25.4 Å². The van der Waals surface area contributed by atoms with Gasteiger partial charge in [-0.25, -0.2) is 0 Å². The highest BCUT2D eigenvalue weighted by atomic mass is 32.2. The van der Waals surface area contributed by atoms with Gasteiger partial charge in [0.1, 0.15) is 9.79 Å². The number of benzene rings is 2. The lowest BCUT2D eigenvalue weighted by Crippen LogP contribution is -2.30. The minimum absolute atomic E-state index is 0.00408. The van der Waals surface area contributed by atoms with Crippen LogP contribution in [0.1, 0.15) is 33.1 Å². The molecule has 0 bridgehead atoms. The fourth-order valence-corrected chi connectivity index (χ4v) is 4.68. The van der Waals surface area contributed by atoms with Crippen molar-refractivity contribution >= 4 is 31.7 Å². The van der Waals surface area contributed by atoms with Crippen LogP contribution in [0, 0.1) is 5.41 Å². The molecule has 1 aliphatic rings. The molecule has 0 atom stereocenters. The van der Waals surface area contributed by atoms with Crippen LogP contribution >= 0.6 is 0 Å². The van der Waals surface area contributed by atoms with E-state index in [2.05, 4.69) is 10.3 Å². The zero-order chi connectivity index (χ0) is 21.8. The van der Waals surface area contributed by atoms with Gasteiger partial charge in [0, 0.05) is 6.42 Å². The van der Waals surface area contributed by atoms with E-state index < -0.39 is 20.2 Å². The van der Waals surface area contributed by atoms with Crippen LogP contribution in [-0.4, -0.2) is 28.3 Å². The molecule has 10 heteroatoms. The normalized spacial score (nSPS) is 19.5. The van der Waals surface area contributed by atoms with Crippen LogP contribution in [0.3, 0.4) is 0 Å². The van der Waals surface area contributed by atoms with E-state index in [1.807, 2.05) is 13.8 Å². The Kier molecular flexibility index (Phi) is 6.27. The molecule has 0 amide bonds. The van der Waals surface area contributed by atoms with Gasteiger partial charge in [-0.05, 0) is 42.5 Å². The second-order valence-electron chi connectivity index (χ2n) is 7.69. The third-order valence-electron chi connectivity index (χ3n) is 4.37. The van der Waals surface area contributed by atoms with Crippen molar-refractivity contribution in [1.82, 2.24) is 0 Å². The maximum Gasteiger partial charge on any atom is 0.358 e. The van der Waals surface area contributed by atoms with Crippen molar-refractivity contribution in [1.29, 1.82) is 0 Å². The molecule has 0 aromatic heterocycles. The van der Waals surface area contributed by atoms with Crippen molar-refractivity contribution in [2.24, 2.45) is 15.7 Å². The zero-order valence-corrected chi connectivity index (χ0v) is 18.2. The largest absolute Gasteiger partial charge is 0.358 e. The van der Waals surface area contributed by atoms with E-state index in [-0.39, 0.29) is 21.6 Å². The van der Waals surface area contributed by atoms with Crippen molar-refractivity contribution in [3.63, 3.8) is 0 Å². The van der Waals surface area contributed by atoms with E-state index in [1.165, 1.54) is 24.3 Å². The summed E-state index contributed by atoms with van der Waals surface area (Å²) in [5, 5.41) is 7.65. The minimum atomic E-state index is -4.04. The van der Waals surface area contributed by atoms with Gasteiger partial charge < -0.3 is 0 Å². The van der Waals surface area contributed by atoms with Gasteiger partial charge in [0.05, 0.1) is 11.4 Å². The monoisotopic (exact) mass is 450 g/mol. The second kappa shape index (κ2) is 8.57. The summed E-state index contributed by atoms with van der Waals surface area (Å²) in [4.78, 5) is -0.00815. The lowest BCUT2D eigenvalue weighted by Gasteiger charge is -2.30. The topological polar surface area (TPSA) is 111 Å². The Bertz CT molecular complexity index is 1060. The molecule has 0 saturated heterocycles. The lowest BCUT2D eigenvalue weighted by atomic mass is 9.75. The standard InChI is InChI=1S/C20H22N2O6S2/c1-20(2)14-16(21-27-29(23,24)18-9-5-3-6-10-18)13-17(15-20)22-28-30(25,26)19-11-7-4-8-12-19/h3-12H,13-15H2,1-2H3/b21-16-,22-17+. The summed E-state index contributed by atoms with van der Waals surface area (Å²) in [6, 6.07) is 15.4. The van der Waals surface area contributed by atoms with Crippen LogP contribution in [0.5, 0.6) is 0 Å². The Balaban J connectivity index is 1.77. The molecule has 0 N–H and O–H groups in total. The highest BCUT2D eigenvalue weighted by Crippen LogP contribution is 2.33. The first-order valence-corrected chi connectivity index (χ1v) is 12.0. The summed E-state index contributed by atoms with van der Waals surface area (Å²) >= 11 is 0. The van der Waals surface area contributed by atoms with Crippen LogP contribution in [0.4, 0.5) is 0 Å². The van der Waals surface area contributed by atoms with E-state index in [0.717, 1.165) is 0 Å². The molecule has 1 aliphatic carbocycles. The molecule has 0 spiro atoms. The van der Waals surface area contributed by atoms with Crippen LogP contribution in [0.2, 0.25) is 0 Å². The zero-order valence-electron chi connectivity index (χ0n) is 16.6. The van der Waals surface area contributed by atoms with Crippen molar-refractivity contribution in [3.8, 4) is 0 Å². The van der Waals surface area contributed by atoms with Crippen LogP contribution in [-0.2, 0) is 28.8 Å². The van der Waals surface area contributed by atoms with Crippen molar-refractivity contribution in [3.05, 3.63) is 60.7 Å². The average Bonchev–Trinajstić information content (AvgIpc) is 2.71. The van der Waals surface area contributed by atoms with Crippen LogP contribution in [0.25, 0.3) is 0 Å². The molecule has 2 aromatic rings. The van der Waals surface area contributed by atoms with Gasteiger partial charge in [-0.15, -0.1) is 0 Å². The predicted molar refractivity (Wildman–Crippen MR) is 112 cm³/mol. The lowest BCUT2D eigenvalue weighted by molar-refractivity contribution is 0.316. The molecule has 0 heterocycles. The summed E-state index contributed by atoms with van der Waals surface area (Å²) in [7, 11) is -8.08. The molecule has 0 radical (unpaired) electrons. The van der Waals surface area contributed by atoms with E-state index in [0.29, 0.717) is 24.3 Å². The smallest absolute Gasteiger partial charge is 0.265 e. The number of nitrogens with zero attached hydrogens (tertiary/aromatic N) is 2. The first kappa shape index (κ1) is 22.0. The maximum atomic E-state index is 12.3. The highest BCUT2D eigenvalue weighted by Gasteiger charge is 2.31. The van der Waals surface area contributed by atoms with E-state index >= 15 is 0 Å². The van der Waals surface area contributed by atoms with Gasteiger partial charge in [0.25, 0.3) is 0 Å². The second-order valence-corrected chi connectivity index (χ2v) is 10.8. The first-order chi connectivity index (χ1) is 14.1. The van der Waals surface area contributed by atoms with E-state index in [1.54, 1.807) is 36.4 Å². The van der Waals surface area contributed by atoms with Crippen LogP contribution < -0.4 is 0 Å². The summed E-state index contributed by atoms with van der Waals surface area (Å²) in [6.45, 7) is 3.88. The fraction of sp³-hybridized carbons (Fsp3) is 0.300. The van der Waals surface area contributed by atoms with E-state index in [9.17, 15) is 16.8 Å². The minimum Gasteiger partial charge on any atom is -0.265 e. The molecule has 160 valence electrons. The summed E-state index contributed by atoms with van der Waals surface area (Å²) in [5.74, 6) is 0. The molecular weight excluding hydrogens is 428 g/mol. The third-order valence-corrected chi connectivity index (χ3v) is 6.61. The number of hydrogen-bond donors (Lipinski definition) is 0. The van der Waals surface area contributed by atoms with Gasteiger partial charge >= 0.3 is 20.2 Å². The van der Waals surface area contributed by atoms with Crippen LogP contribution in [0.15, 0.2) is 80.8 Å². The third kappa shape index (κ3) is 5.67. The quantitative estimate of drug-likeness (QED) is 0.620. The Morgan fingerprint density at radius 1 is 0.700 bits per heavy atom. The first-order valence-electron chi connectivity index (χ1n) is 9.16. The molecule has 1 fully saturated rings. The van der Waals surface area contributed by atoms with Gasteiger partial charge in [-0.1, -0.05) is 60.6 Å². The molecule has 0 unspecified atom stereocenters. The van der Waals surface area contributed by atoms with Gasteiger partial charge in [0.2, 0.25) is 0 Å². The summed E-state index contributed by atoms with van der Waals surface area (Å²) in [6.07, 6.45) is 1.10. The summed E-state index contributed by atoms with van der Waals surface area (Å²) in [5.41, 5.74) is 0.547. The number of hydrogen-bond acceptors (Lipinski definition) is 8. The van der Waals surface area contributed by atoms with Gasteiger partial charge in [-0.2, -0.15) is 16.8 Å².